The summed E-state index contributed by atoms with van der Waals surface area (Å²) < 4.78 is 27.9. The summed E-state index contributed by atoms with van der Waals surface area (Å²) in [6.45, 7) is 0.836. The number of amides is 2. The number of hydrogen-bond donors (Lipinski definition) is 2. The van der Waals surface area contributed by atoms with E-state index in [0.29, 0.717) is 35.0 Å². The van der Waals surface area contributed by atoms with E-state index in [-0.39, 0.29) is 18.5 Å². The largest absolute Gasteiger partial charge is 0.350 e. The lowest BCUT2D eigenvalue weighted by Gasteiger charge is -2.37. The summed E-state index contributed by atoms with van der Waals surface area (Å²) >= 11 is 1.38. The standard InChI is InChI=1S/C23H28F2N4O2S/c24-13-16-2-1-3-17(12-16)21(31)27-14-20(30)28-18-6-10-29(15-18)19-4-7-23(25,8-5-19)22-26-9-11-32-22/h1-3,9,11-12,18-19H,4-8,10,13-15H2,(H,27,31)(H,28,30)/t18-,19?,23?/m1/s1. The molecule has 1 saturated carbocycles. The molecule has 9 heteroatoms. The zero-order valence-electron chi connectivity index (χ0n) is 17.9. The Labute approximate surface area is 190 Å². The normalized spacial score (nSPS) is 26.1. The molecule has 1 aliphatic heterocycles. The Morgan fingerprint density at radius 3 is 2.78 bits per heavy atom. The molecule has 1 aliphatic carbocycles. The fraction of sp³-hybridized carbons (Fsp3) is 0.522. The molecule has 0 radical (unpaired) electrons. The molecule has 1 atom stereocenters. The van der Waals surface area contributed by atoms with E-state index in [4.69, 9.17) is 0 Å². The number of rotatable bonds is 7. The summed E-state index contributed by atoms with van der Waals surface area (Å²) in [7, 11) is 0. The smallest absolute Gasteiger partial charge is 0.251 e. The molecule has 2 aliphatic rings. The number of aromatic nitrogens is 1. The van der Waals surface area contributed by atoms with Crippen LogP contribution in [0, 0.1) is 0 Å². The van der Waals surface area contributed by atoms with Gasteiger partial charge in [-0.3, -0.25) is 14.5 Å². The van der Waals surface area contributed by atoms with Gasteiger partial charge in [-0.05, 0) is 49.8 Å². The molecule has 2 N–H and O–H groups in total. The van der Waals surface area contributed by atoms with Crippen LogP contribution in [0.25, 0.3) is 0 Å². The highest BCUT2D eigenvalue weighted by Crippen LogP contribution is 2.43. The first-order chi connectivity index (χ1) is 15.5. The summed E-state index contributed by atoms with van der Waals surface area (Å²) in [6, 6.07) is 6.63. The topological polar surface area (TPSA) is 74.3 Å². The molecule has 1 saturated heterocycles. The van der Waals surface area contributed by atoms with Crippen molar-refractivity contribution in [3.63, 3.8) is 0 Å². The van der Waals surface area contributed by atoms with E-state index in [9.17, 15) is 14.0 Å². The van der Waals surface area contributed by atoms with Gasteiger partial charge in [0.1, 0.15) is 11.7 Å². The van der Waals surface area contributed by atoms with Crippen LogP contribution in [0.15, 0.2) is 35.8 Å². The van der Waals surface area contributed by atoms with E-state index in [1.165, 1.54) is 17.4 Å². The van der Waals surface area contributed by atoms with Gasteiger partial charge in [0.15, 0.2) is 5.67 Å². The third-order valence-electron chi connectivity index (χ3n) is 6.42. The second kappa shape index (κ2) is 10.0. The summed E-state index contributed by atoms with van der Waals surface area (Å²) in [4.78, 5) is 31.0. The van der Waals surface area contributed by atoms with Gasteiger partial charge in [0.05, 0.1) is 6.54 Å². The lowest BCUT2D eigenvalue weighted by Crippen LogP contribution is -2.45. The third kappa shape index (κ3) is 5.32. The minimum Gasteiger partial charge on any atom is -0.350 e. The Bertz CT molecular complexity index is 932. The van der Waals surface area contributed by atoms with E-state index >= 15 is 4.39 Å². The molecule has 172 valence electrons. The van der Waals surface area contributed by atoms with Gasteiger partial charge in [-0.25, -0.2) is 13.8 Å². The minimum atomic E-state index is -1.31. The van der Waals surface area contributed by atoms with E-state index in [0.717, 1.165) is 32.4 Å². The Kier molecular flexibility index (Phi) is 7.15. The van der Waals surface area contributed by atoms with Crippen molar-refractivity contribution in [3.05, 3.63) is 52.0 Å². The number of carbonyl (C=O) groups is 2. The molecule has 1 aromatic carbocycles. The highest BCUT2D eigenvalue weighted by atomic mass is 32.1. The molecule has 0 spiro atoms. The van der Waals surface area contributed by atoms with Crippen molar-refractivity contribution < 1.29 is 18.4 Å². The van der Waals surface area contributed by atoms with Crippen molar-refractivity contribution >= 4 is 23.2 Å². The first kappa shape index (κ1) is 22.8. The molecule has 2 fully saturated rings. The van der Waals surface area contributed by atoms with E-state index in [2.05, 4.69) is 20.5 Å². The molecular formula is C23H28F2N4O2S. The molecule has 0 unspecified atom stereocenters. The number of likely N-dealkylation sites (tertiary alicyclic amines) is 1. The molecule has 2 amide bonds. The Hall–Kier alpha value is -2.39. The second-order valence-corrected chi connectivity index (χ2v) is 9.49. The van der Waals surface area contributed by atoms with Crippen molar-refractivity contribution in [1.29, 1.82) is 0 Å². The van der Waals surface area contributed by atoms with Crippen LogP contribution in [-0.4, -0.2) is 53.4 Å². The predicted octanol–water partition coefficient (Wildman–Crippen LogP) is 3.34. The van der Waals surface area contributed by atoms with Crippen molar-refractivity contribution in [2.75, 3.05) is 19.6 Å². The van der Waals surface area contributed by atoms with Crippen LogP contribution < -0.4 is 10.6 Å². The first-order valence-electron chi connectivity index (χ1n) is 11.0. The van der Waals surface area contributed by atoms with Gasteiger partial charge in [0.25, 0.3) is 5.91 Å². The number of alkyl halides is 2. The van der Waals surface area contributed by atoms with Crippen LogP contribution in [-0.2, 0) is 17.1 Å². The van der Waals surface area contributed by atoms with Crippen molar-refractivity contribution in [2.24, 2.45) is 0 Å². The van der Waals surface area contributed by atoms with Gasteiger partial charge in [-0.2, -0.15) is 0 Å². The van der Waals surface area contributed by atoms with Crippen molar-refractivity contribution in [3.8, 4) is 0 Å². The lowest BCUT2D eigenvalue weighted by molar-refractivity contribution is -0.120. The number of nitrogens with zero attached hydrogens (tertiary/aromatic N) is 2. The van der Waals surface area contributed by atoms with Gasteiger partial charge < -0.3 is 10.6 Å². The van der Waals surface area contributed by atoms with Gasteiger partial charge in [0, 0.05) is 42.3 Å². The zero-order valence-corrected chi connectivity index (χ0v) is 18.7. The average molecular weight is 463 g/mol. The van der Waals surface area contributed by atoms with E-state index < -0.39 is 18.3 Å². The maximum atomic E-state index is 15.2. The number of thiazole rings is 1. The summed E-state index contributed by atoms with van der Waals surface area (Å²) in [5.41, 5.74) is -0.550. The Morgan fingerprint density at radius 1 is 1.25 bits per heavy atom. The Morgan fingerprint density at radius 2 is 2.06 bits per heavy atom. The molecular weight excluding hydrogens is 434 g/mol. The Balaban J connectivity index is 1.20. The molecule has 4 rings (SSSR count). The molecule has 0 bridgehead atoms. The number of nitrogens with one attached hydrogen (secondary N) is 2. The van der Waals surface area contributed by atoms with Crippen molar-refractivity contribution in [2.45, 2.75) is 56.5 Å². The quantitative estimate of drug-likeness (QED) is 0.662. The first-order valence-corrected chi connectivity index (χ1v) is 11.9. The fourth-order valence-corrected chi connectivity index (χ4v) is 5.45. The van der Waals surface area contributed by atoms with Gasteiger partial charge in [-0.1, -0.05) is 12.1 Å². The van der Waals surface area contributed by atoms with Crippen LogP contribution in [0.1, 0.15) is 53.0 Å². The molecule has 6 nitrogen and oxygen atoms in total. The molecule has 1 aromatic heterocycles. The molecule has 32 heavy (non-hydrogen) atoms. The summed E-state index contributed by atoms with van der Waals surface area (Å²) in [6.07, 6.45) is 5.02. The molecule has 2 heterocycles. The minimum absolute atomic E-state index is 0.0188. The van der Waals surface area contributed by atoms with E-state index in [1.807, 2.05) is 5.38 Å². The number of carbonyl (C=O) groups excluding carboxylic acids is 2. The zero-order chi connectivity index (χ0) is 22.6. The predicted molar refractivity (Wildman–Crippen MR) is 119 cm³/mol. The molecule has 2 aromatic rings. The summed E-state index contributed by atoms with van der Waals surface area (Å²) in [5, 5.41) is 7.97. The fourth-order valence-electron chi connectivity index (χ4n) is 4.66. The van der Waals surface area contributed by atoms with Gasteiger partial charge in [0.2, 0.25) is 5.91 Å². The third-order valence-corrected chi connectivity index (χ3v) is 7.37. The SMILES string of the molecule is O=C(CNC(=O)c1cccc(CF)c1)N[C@@H]1CCN(C2CCC(F)(c3nccs3)CC2)C1. The lowest BCUT2D eigenvalue weighted by atomic mass is 9.83. The van der Waals surface area contributed by atoms with Gasteiger partial charge >= 0.3 is 0 Å². The summed E-state index contributed by atoms with van der Waals surface area (Å²) in [5.74, 6) is -0.650. The highest BCUT2D eigenvalue weighted by Gasteiger charge is 2.41. The van der Waals surface area contributed by atoms with Crippen LogP contribution in [0.3, 0.4) is 0 Å². The highest BCUT2D eigenvalue weighted by molar-refractivity contribution is 7.09. The van der Waals surface area contributed by atoms with Gasteiger partial charge in [-0.15, -0.1) is 11.3 Å². The average Bonchev–Trinajstić information content (AvgIpc) is 3.51. The van der Waals surface area contributed by atoms with Crippen LogP contribution in [0.4, 0.5) is 8.78 Å². The van der Waals surface area contributed by atoms with Crippen LogP contribution >= 0.6 is 11.3 Å². The number of benzene rings is 1. The number of hydrogen-bond acceptors (Lipinski definition) is 5. The van der Waals surface area contributed by atoms with Crippen LogP contribution in [0.2, 0.25) is 0 Å². The maximum Gasteiger partial charge on any atom is 0.251 e. The second-order valence-electron chi connectivity index (χ2n) is 8.60. The van der Waals surface area contributed by atoms with Crippen LogP contribution in [0.5, 0.6) is 0 Å². The van der Waals surface area contributed by atoms with E-state index in [1.54, 1.807) is 24.4 Å². The monoisotopic (exact) mass is 462 g/mol. The maximum absolute atomic E-state index is 15.2. The van der Waals surface area contributed by atoms with Crippen molar-refractivity contribution in [1.82, 2.24) is 20.5 Å². The number of halogens is 2.